The van der Waals surface area contributed by atoms with Crippen molar-refractivity contribution in [2.45, 2.75) is 6.54 Å². The maximum Gasteiger partial charge on any atom is 0.335 e. The maximum absolute atomic E-state index is 10.9. The summed E-state index contributed by atoms with van der Waals surface area (Å²) in [6, 6.07) is 17.1. The molecule has 138 valence electrons. The number of aromatic nitrogens is 3. The van der Waals surface area contributed by atoms with Crippen LogP contribution in [-0.2, 0) is 6.54 Å². The highest BCUT2D eigenvalue weighted by molar-refractivity contribution is 5.87. The zero-order valence-electron chi connectivity index (χ0n) is 14.7. The molecule has 0 aliphatic carbocycles. The van der Waals surface area contributed by atoms with Crippen molar-refractivity contribution in [1.29, 1.82) is 0 Å². The van der Waals surface area contributed by atoms with E-state index in [1.54, 1.807) is 54.7 Å². The summed E-state index contributed by atoms with van der Waals surface area (Å²) >= 11 is 0. The molecule has 0 aliphatic heterocycles. The number of phenols is 1. The molecule has 4 aromatic rings. The van der Waals surface area contributed by atoms with Crippen molar-refractivity contribution in [2.24, 2.45) is 0 Å². The molecule has 7 nitrogen and oxygen atoms in total. The molecule has 0 unspecified atom stereocenters. The van der Waals surface area contributed by atoms with Gasteiger partial charge in [0.2, 0.25) is 0 Å². The van der Waals surface area contributed by atoms with Gasteiger partial charge < -0.3 is 15.5 Å². The Morgan fingerprint density at radius 2 is 1.68 bits per heavy atom. The number of carbonyl (C=O) groups is 1. The van der Waals surface area contributed by atoms with Crippen LogP contribution in [0.25, 0.3) is 22.4 Å². The van der Waals surface area contributed by atoms with Gasteiger partial charge in [0.15, 0.2) is 5.65 Å². The Kier molecular flexibility index (Phi) is 4.55. The Hall–Kier alpha value is -4.00. The van der Waals surface area contributed by atoms with E-state index >= 15 is 0 Å². The van der Waals surface area contributed by atoms with Crippen molar-refractivity contribution >= 4 is 23.0 Å². The minimum atomic E-state index is -0.946. The van der Waals surface area contributed by atoms with Gasteiger partial charge in [0.05, 0.1) is 17.5 Å². The Labute approximate surface area is 160 Å². The van der Waals surface area contributed by atoms with E-state index in [1.807, 2.05) is 12.1 Å². The van der Waals surface area contributed by atoms with Crippen LogP contribution in [0.5, 0.6) is 5.75 Å². The number of hydrogen-bond donors (Lipinski definition) is 3. The lowest BCUT2D eigenvalue weighted by Gasteiger charge is -2.08. The number of aromatic hydroxyl groups is 1. The van der Waals surface area contributed by atoms with Crippen LogP contribution in [0.2, 0.25) is 0 Å². The molecule has 7 heteroatoms. The number of pyridine rings is 1. The molecular weight excluding hydrogens is 356 g/mol. The second-order valence-electron chi connectivity index (χ2n) is 6.20. The van der Waals surface area contributed by atoms with Crippen molar-refractivity contribution in [3.63, 3.8) is 0 Å². The topological polar surface area (TPSA) is 108 Å². The molecule has 0 atom stereocenters. The first-order chi connectivity index (χ1) is 13.6. The summed E-state index contributed by atoms with van der Waals surface area (Å²) < 4.78 is 0. The first-order valence-electron chi connectivity index (χ1n) is 8.58. The number of fused-ring (bicyclic) bond motifs is 1. The number of benzene rings is 2. The number of anilines is 1. The van der Waals surface area contributed by atoms with E-state index in [-0.39, 0.29) is 11.3 Å². The largest absolute Gasteiger partial charge is 0.508 e. The summed E-state index contributed by atoms with van der Waals surface area (Å²) in [6.07, 6.45) is 1.67. The van der Waals surface area contributed by atoms with Gasteiger partial charge in [-0.25, -0.2) is 14.8 Å². The van der Waals surface area contributed by atoms with Gasteiger partial charge in [-0.3, -0.25) is 4.98 Å². The first kappa shape index (κ1) is 17.4. The van der Waals surface area contributed by atoms with E-state index in [0.717, 1.165) is 11.1 Å². The van der Waals surface area contributed by atoms with Crippen molar-refractivity contribution in [2.75, 3.05) is 5.32 Å². The zero-order chi connectivity index (χ0) is 19.5. The van der Waals surface area contributed by atoms with E-state index in [9.17, 15) is 9.90 Å². The van der Waals surface area contributed by atoms with Crippen LogP contribution in [0.4, 0.5) is 5.82 Å². The molecule has 0 radical (unpaired) electrons. The second-order valence-corrected chi connectivity index (χ2v) is 6.20. The summed E-state index contributed by atoms with van der Waals surface area (Å²) in [5.74, 6) is -0.107. The number of hydrogen-bond acceptors (Lipinski definition) is 6. The van der Waals surface area contributed by atoms with Crippen molar-refractivity contribution < 1.29 is 15.0 Å². The molecule has 0 saturated carbocycles. The summed E-state index contributed by atoms with van der Waals surface area (Å²) in [7, 11) is 0. The summed E-state index contributed by atoms with van der Waals surface area (Å²) in [4.78, 5) is 24.4. The molecule has 2 aromatic carbocycles. The number of nitrogens with one attached hydrogen (secondary N) is 1. The number of nitrogens with zero attached hydrogens (tertiary/aromatic N) is 3. The molecule has 28 heavy (non-hydrogen) atoms. The Balaban J connectivity index is 1.54. The van der Waals surface area contributed by atoms with E-state index in [1.165, 1.54) is 0 Å². The molecule has 0 amide bonds. The lowest BCUT2D eigenvalue weighted by Crippen LogP contribution is -2.03. The molecule has 0 bridgehead atoms. The van der Waals surface area contributed by atoms with Gasteiger partial charge in [-0.05, 0) is 54.1 Å². The normalized spacial score (nSPS) is 10.7. The van der Waals surface area contributed by atoms with Crippen LogP contribution >= 0.6 is 0 Å². The van der Waals surface area contributed by atoms with Gasteiger partial charge in [0, 0.05) is 12.1 Å². The van der Waals surface area contributed by atoms with Crippen LogP contribution in [0, 0.1) is 0 Å². The summed E-state index contributed by atoms with van der Waals surface area (Å²) in [6.45, 7) is 0.503. The van der Waals surface area contributed by atoms with Crippen LogP contribution in [0.15, 0.2) is 66.9 Å². The Morgan fingerprint density at radius 3 is 2.39 bits per heavy atom. The predicted molar refractivity (Wildman–Crippen MR) is 105 cm³/mol. The fraction of sp³-hybridized carbons (Fsp3) is 0.0476. The van der Waals surface area contributed by atoms with Crippen molar-refractivity contribution in [3.8, 4) is 17.0 Å². The molecule has 4 rings (SSSR count). The van der Waals surface area contributed by atoms with Gasteiger partial charge in [-0.15, -0.1) is 0 Å². The molecule has 0 spiro atoms. The highest BCUT2D eigenvalue weighted by Gasteiger charge is 2.06. The van der Waals surface area contributed by atoms with Crippen LogP contribution in [-0.4, -0.2) is 31.1 Å². The quantitative estimate of drug-likeness (QED) is 0.490. The Morgan fingerprint density at radius 1 is 0.929 bits per heavy atom. The predicted octanol–water partition coefficient (Wildman–Crippen LogP) is 3.71. The first-order valence-corrected chi connectivity index (χ1v) is 8.58. The fourth-order valence-corrected chi connectivity index (χ4v) is 2.73. The third kappa shape index (κ3) is 3.73. The second kappa shape index (κ2) is 7.32. The zero-order valence-corrected chi connectivity index (χ0v) is 14.7. The molecule has 3 N–H and O–H groups in total. The van der Waals surface area contributed by atoms with Crippen LogP contribution in [0.1, 0.15) is 15.9 Å². The fourth-order valence-electron chi connectivity index (χ4n) is 2.73. The van der Waals surface area contributed by atoms with Gasteiger partial charge in [0.25, 0.3) is 0 Å². The van der Waals surface area contributed by atoms with Crippen molar-refractivity contribution in [3.05, 3.63) is 78.0 Å². The Bertz CT molecular complexity index is 1140. The molecule has 0 fully saturated rings. The van der Waals surface area contributed by atoms with Gasteiger partial charge >= 0.3 is 5.97 Å². The number of phenolic OH excluding ortho intramolecular Hbond substituents is 1. The minimum Gasteiger partial charge on any atom is -0.508 e. The third-order valence-electron chi connectivity index (χ3n) is 4.24. The van der Waals surface area contributed by atoms with E-state index in [2.05, 4.69) is 20.3 Å². The lowest BCUT2D eigenvalue weighted by atomic mass is 10.1. The summed E-state index contributed by atoms with van der Waals surface area (Å²) in [5, 5.41) is 21.6. The highest BCUT2D eigenvalue weighted by atomic mass is 16.4. The van der Waals surface area contributed by atoms with E-state index < -0.39 is 5.97 Å². The molecule has 2 heterocycles. The molecular formula is C21H16N4O3. The number of rotatable bonds is 5. The standard InChI is InChI=1S/C21H16N4O3/c26-16-7-5-14(6-8-16)18-12-22-17-9-10-19(25-20(17)24-18)23-11-13-1-3-15(4-2-13)21(27)28/h1-10,12,26H,11H2,(H,27,28)(H,23,24,25). The molecule has 0 saturated heterocycles. The minimum absolute atomic E-state index is 0.193. The lowest BCUT2D eigenvalue weighted by molar-refractivity contribution is 0.0697. The van der Waals surface area contributed by atoms with Crippen molar-refractivity contribution in [1.82, 2.24) is 15.0 Å². The van der Waals surface area contributed by atoms with Gasteiger partial charge in [0.1, 0.15) is 17.1 Å². The number of carboxylic acids is 1. The van der Waals surface area contributed by atoms with Gasteiger partial charge in [-0.1, -0.05) is 12.1 Å². The van der Waals surface area contributed by atoms with E-state index in [0.29, 0.717) is 29.2 Å². The third-order valence-corrected chi connectivity index (χ3v) is 4.24. The average Bonchev–Trinajstić information content (AvgIpc) is 2.72. The average molecular weight is 372 g/mol. The van der Waals surface area contributed by atoms with Crippen LogP contribution in [0.3, 0.4) is 0 Å². The van der Waals surface area contributed by atoms with E-state index in [4.69, 9.17) is 5.11 Å². The van der Waals surface area contributed by atoms with Crippen LogP contribution < -0.4 is 5.32 Å². The summed E-state index contributed by atoms with van der Waals surface area (Å²) in [5.41, 5.74) is 3.89. The van der Waals surface area contributed by atoms with Gasteiger partial charge in [-0.2, -0.15) is 0 Å². The highest BCUT2D eigenvalue weighted by Crippen LogP contribution is 2.21. The molecule has 0 aliphatic rings. The SMILES string of the molecule is O=C(O)c1ccc(CNc2ccc3ncc(-c4ccc(O)cc4)nc3n2)cc1. The molecule has 2 aromatic heterocycles. The monoisotopic (exact) mass is 372 g/mol. The maximum atomic E-state index is 10.9. The number of carboxylic acid groups (broad SMARTS) is 1. The smallest absolute Gasteiger partial charge is 0.335 e. The number of aromatic carboxylic acids is 1.